The maximum Gasteiger partial charge on any atom is 0.419 e. The van der Waals surface area contributed by atoms with Gasteiger partial charge in [0.1, 0.15) is 5.75 Å². The summed E-state index contributed by atoms with van der Waals surface area (Å²) < 4.78 is 28.6. The molecule has 28 heavy (non-hydrogen) atoms. The highest BCUT2D eigenvalue weighted by Crippen LogP contribution is 2.28. The first-order chi connectivity index (χ1) is 13.0. The maximum absolute atomic E-state index is 12.9. The molecule has 1 amide bonds. The Balaban J connectivity index is 1.88. The van der Waals surface area contributed by atoms with Crippen molar-refractivity contribution in [3.63, 3.8) is 0 Å². The topological polar surface area (TPSA) is 103 Å². The third kappa shape index (κ3) is 5.02. The van der Waals surface area contributed by atoms with Gasteiger partial charge in [-0.05, 0) is 56.3 Å². The molecule has 148 valence electrons. The Kier molecular flexibility index (Phi) is 5.67. The SMILES string of the molecule is CC(C)(S)CN(C(=O)Oc1ccc(S(N)(=O)=O)cc1)c1ccc2ncsc2c1. The van der Waals surface area contributed by atoms with Crippen molar-refractivity contribution in [2.24, 2.45) is 5.14 Å². The molecule has 1 aromatic heterocycles. The number of hydrogen-bond donors (Lipinski definition) is 2. The largest absolute Gasteiger partial charge is 0.419 e. The van der Waals surface area contributed by atoms with Gasteiger partial charge in [0.2, 0.25) is 10.0 Å². The number of fused-ring (bicyclic) bond motifs is 1. The molecule has 0 aliphatic rings. The molecule has 1 heterocycles. The number of rotatable bonds is 5. The van der Waals surface area contributed by atoms with Gasteiger partial charge in [0, 0.05) is 17.0 Å². The molecule has 7 nitrogen and oxygen atoms in total. The number of thiazole rings is 1. The number of thiol groups is 1. The Bertz CT molecular complexity index is 1100. The van der Waals surface area contributed by atoms with E-state index in [2.05, 4.69) is 17.6 Å². The highest BCUT2D eigenvalue weighted by atomic mass is 32.2. The third-order valence-electron chi connectivity index (χ3n) is 3.75. The van der Waals surface area contributed by atoms with E-state index in [1.54, 1.807) is 11.6 Å². The number of ether oxygens (including phenoxy) is 1. The summed E-state index contributed by atoms with van der Waals surface area (Å²) in [5.74, 6) is 0.207. The lowest BCUT2D eigenvalue weighted by atomic mass is 10.1. The number of hydrogen-bond acceptors (Lipinski definition) is 7. The number of nitrogens with zero attached hydrogens (tertiary/aromatic N) is 2. The Morgan fingerprint density at radius 2 is 1.93 bits per heavy atom. The lowest BCUT2D eigenvalue weighted by molar-refractivity contribution is 0.207. The average Bonchev–Trinajstić information content (AvgIpc) is 3.06. The maximum atomic E-state index is 12.9. The molecule has 3 rings (SSSR count). The molecular weight excluding hydrogens is 418 g/mol. The number of carbonyl (C=O) groups excluding carboxylic acids is 1. The molecule has 3 aromatic rings. The summed E-state index contributed by atoms with van der Waals surface area (Å²) in [7, 11) is -3.81. The zero-order valence-corrected chi connectivity index (χ0v) is 17.7. The fourth-order valence-corrected chi connectivity index (χ4v) is 3.88. The quantitative estimate of drug-likeness (QED) is 0.593. The van der Waals surface area contributed by atoms with Crippen LogP contribution in [0.15, 0.2) is 52.9 Å². The predicted molar refractivity (Wildman–Crippen MR) is 114 cm³/mol. The Labute approximate surface area is 172 Å². The van der Waals surface area contributed by atoms with Crippen LogP contribution >= 0.6 is 24.0 Å². The van der Waals surface area contributed by atoms with Crippen LogP contribution in [-0.4, -0.2) is 30.8 Å². The van der Waals surface area contributed by atoms with E-state index in [-0.39, 0.29) is 10.6 Å². The van der Waals surface area contributed by atoms with E-state index in [0.717, 1.165) is 10.2 Å². The first-order valence-corrected chi connectivity index (χ1v) is 11.1. The number of amides is 1. The molecule has 0 saturated heterocycles. The highest BCUT2D eigenvalue weighted by Gasteiger charge is 2.25. The van der Waals surface area contributed by atoms with Crippen LogP contribution in [0.3, 0.4) is 0 Å². The van der Waals surface area contributed by atoms with E-state index in [4.69, 9.17) is 9.88 Å². The van der Waals surface area contributed by atoms with Gasteiger partial charge in [-0.3, -0.25) is 4.90 Å². The van der Waals surface area contributed by atoms with Gasteiger partial charge in [0.05, 0.1) is 20.6 Å². The second kappa shape index (κ2) is 7.70. The molecule has 0 radical (unpaired) electrons. The van der Waals surface area contributed by atoms with Gasteiger partial charge >= 0.3 is 6.09 Å². The van der Waals surface area contributed by atoms with Crippen molar-refractivity contribution in [3.05, 3.63) is 48.0 Å². The normalized spacial score (nSPS) is 12.1. The van der Waals surface area contributed by atoms with E-state index in [1.807, 2.05) is 26.0 Å². The van der Waals surface area contributed by atoms with Gasteiger partial charge in [0.15, 0.2) is 0 Å². The van der Waals surface area contributed by atoms with Crippen molar-refractivity contribution in [1.82, 2.24) is 4.98 Å². The zero-order chi connectivity index (χ0) is 20.5. The lowest BCUT2D eigenvalue weighted by Crippen LogP contribution is -2.41. The zero-order valence-electron chi connectivity index (χ0n) is 15.2. The minimum Gasteiger partial charge on any atom is -0.410 e. The van der Waals surface area contributed by atoms with Crippen LogP contribution in [0.5, 0.6) is 5.75 Å². The van der Waals surface area contributed by atoms with Crippen LogP contribution in [0.2, 0.25) is 0 Å². The minimum absolute atomic E-state index is 0.0590. The summed E-state index contributed by atoms with van der Waals surface area (Å²) >= 11 is 6.01. The summed E-state index contributed by atoms with van der Waals surface area (Å²) in [6, 6.07) is 10.9. The Hall–Kier alpha value is -2.14. The van der Waals surface area contributed by atoms with Crippen molar-refractivity contribution in [1.29, 1.82) is 0 Å². The van der Waals surface area contributed by atoms with Gasteiger partial charge < -0.3 is 4.74 Å². The smallest absolute Gasteiger partial charge is 0.410 e. The fourth-order valence-electron chi connectivity index (χ4n) is 2.51. The molecule has 2 N–H and O–H groups in total. The first-order valence-electron chi connectivity index (χ1n) is 8.21. The summed E-state index contributed by atoms with van der Waals surface area (Å²) in [4.78, 5) is 18.5. The summed E-state index contributed by atoms with van der Waals surface area (Å²) in [5.41, 5.74) is 3.25. The number of nitrogens with two attached hydrogens (primary N) is 1. The first kappa shape index (κ1) is 20.6. The Morgan fingerprint density at radius 1 is 1.25 bits per heavy atom. The van der Waals surface area contributed by atoms with Crippen LogP contribution in [0.4, 0.5) is 10.5 Å². The fraction of sp³-hybridized carbons (Fsp3) is 0.222. The molecular formula is C18H19N3O4S3. The molecule has 10 heteroatoms. The van der Waals surface area contributed by atoms with Crippen LogP contribution in [0.25, 0.3) is 10.2 Å². The molecule has 0 bridgehead atoms. The second-order valence-electron chi connectivity index (χ2n) is 6.79. The predicted octanol–water partition coefficient (Wildman–Crippen LogP) is 3.66. The summed E-state index contributed by atoms with van der Waals surface area (Å²) in [5, 5.41) is 5.08. The van der Waals surface area contributed by atoms with E-state index >= 15 is 0 Å². The van der Waals surface area contributed by atoms with E-state index < -0.39 is 20.9 Å². The molecule has 0 spiro atoms. The molecule has 0 saturated carbocycles. The summed E-state index contributed by atoms with van der Waals surface area (Å²) in [6.07, 6.45) is -0.602. The van der Waals surface area contributed by atoms with Crippen molar-refractivity contribution in [2.75, 3.05) is 11.4 Å². The van der Waals surface area contributed by atoms with Crippen molar-refractivity contribution in [2.45, 2.75) is 23.5 Å². The molecule has 2 aromatic carbocycles. The van der Waals surface area contributed by atoms with E-state index in [0.29, 0.717) is 12.2 Å². The minimum atomic E-state index is -3.81. The van der Waals surface area contributed by atoms with Crippen molar-refractivity contribution < 1.29 is 17.9 Å². The van der Waals surface area contributed by atoms with Crippen LogP contribution < -0.4 is 14.8 Å². The average molecular weight is 438 g/mol. The van der Waals surface area contributed by atoms with Crippen LogP contribution in [0, 0.1) is 0 Å². The second-order valence-corrected chi connectivity index (χ2v) is 10.4. The van der Waals surface area contributed by atoms with Gasteiger partial charge in [-0.1, -0.05) is 0 Å². The molecule has 0 unspecified atom stereocenters. The number of anilines is 1. The van der Waals surface area contributed by atoms with Gasteiger partial charge in [0.25, 0.3) is 0 Å². The summed E-state index contributed by atoms with van der Waals surface area (Å²) in [6.45, 7) is 4.08. The molecule has 0 fully saturated rings. The van der Waals surface area contributed by atoms with E-state index in [9.17, 15) is 13.2 Å². The van der Waals surface area contributed by atoms with Gasteiger partial charge in [-0.2, -0.15) is 12.6 Å². The van der Waals surface area contributed by atoms with Gasteiger partial charge in [-0.25, -0.2) is 23.3 Å². The van der Waals surface area contributed by atoms with E-state index in [1.165, 1.54) is 40.5 Å². The lowest BCUT2D eigenvalue weighted by Gasteiger charge is -2.28. The number of primary sulfonamides is 1. The molecule has 0 atom stereocenters. The number of benzene rings is 2. The highest BCUT2D eigenvalue weighted by molar-refractivity contribution is 7.89. The van der Waals surface area contributed by atoms with Crippen LogP contribution in [-0.2, 0) is 10.0 Å². The molecule has 0 aliphatic heterocycles. The standard InChI is InChI=1S/C18H19N3O4S3/c1-18(2,26)10-21(12-3-8-15-16(9-12)27-11-20-15)17(22)25-13-4-6-14(7-5-13)28(19,23)24/h3-9,11,26H,10H2,1-2H3,(H2,19,23,24). The monoisotopic (exact) mass is 437 g/mol. The van der Waals surface area contributed by atoms with Crippen LogP contribution in [0.1, 0.15) is 13.8 Å². The number of sulfonamides is 1. The third-order valence-corrected chi connectivity index (χ3v) is 5.61. The van der Waals surface area contributed by atoms with Crippen molar-refractivity contribution >= 4 is 56.0 Å². The number of aromatic nitrogens is 1. The molecule has 0 aliphatic carbocycles. The number of carbonyl (C=O) groups is 1. The Morgan fingerprint density at radius 3 is 2.54 bits per heavy atom. The van der Waals surface area contributed by atoms with Crippen molar-refractivity contribution in [3.8, 4) is 5.75 Å². The van der Waals surface area contributed by atoms with Gasteiger partial charge in [-0.15, -0.1) is 11.3 Å².